The normalized spacial score (nSPS) is 13.7. The number of unbranched alkanes of at least 4 members (excludes halogenated alkanes) is 11. The monoisotopic (exact) mass is 666 g/mol. The first kappa shape index (κ1) is 44.8. The molecular formula is C38H70BF6N. The van der Waals surface area contributed by atoms with Gasteiger partial charge < -0.3 is 0 Å². The van der Waals surface area contributed by atoms with Crippen molar-refractivity contribution in [2.45, 2.75) is 200 Å². The average molecular weight is 666 g/mol. The summed E-state index contributed by atoms with van der Waals surface area (Å²) in [5.74, 6) is 0. The van der Waals surface area contributed by atoms with Gasteiger partial charge in [0.2, 0.25) is 6.17 Å². The fourth-order valence-corrected chi connectivity index (χ4v) is 6.94. The van der Waals surface area contributed by atoms with Crippen LogP contribution in [0.5, 0.6) is 0 Å². The van der Waals surface area contributed by atoms with Crippen LogP contribution in [0.25, 0.3) is 0 Å². The summed E-state index contributed by atoms with van der Waals surface area (Å²) in [5.41, 5.74) is 0.335. The lowest BCUT2D eigenvalue weighted by molar-refractivity contribution is -0.936. The molecule has 0 aliphatic heterocycles. The lowest BCUT2D eigenvalue weighted by atomic mass is 9.17. The van der Waals surface area contributed by atoms with Crippen LogP contribution in [-0.2, 0) is 0 Å². The number of nitrogens with one attached hydrogen (secondary N) is 1. The van der Waals surface area contributed by atoms with Crippen molar-refractivity contribution >= 4 is 11.8 Å². The molecule has 46 heavy (non-hydrogen) atoms. The van der Waals surface area contributed by atoms with Crippen molar-refractivity contribution in [2.24, 2.45) is 0 Å². The van der Waals surface area contributed by atoms with Crippen LogP contribution in [0.4, 0.5) is 32.0 Å². The molecule has 0 aliphatic carbocycles. The van der Waals surface area contributed by atoms with Gasteiger partial charge in [-0.05, 0) is 31.4 Å². The fourth-order valence-electron chi connectivity index (χ4n) is 6.94. The van der Waals surface area contributed by atoms with Crippen LogP contribution in [0.2, 0.25) is 25.3 Å². The number of hydrogen-bond donors (Lipinski definition) is 1. The number of alkyl halides is 6. The van der Waals surface area contributed by atoms with Crippen molar-refractivity contribution in [1.82, 2.24) is 0 Å². The molecule has 2 atom stereocenters. The summed E-state index contributed by atoms with van der Waals surface area (Å²) in [5, 5.41) is 0. The first-order chi connectivity index (χ1) is 21.9. The Morgan fingerprint density at radius 3 is 1.39 bits per heavy atom. The highest BCUT2D eigenvalue weighted by Gasteiger charge is 2.50. The molecule has 0 aliphatic rings. The smallest absolute Gasteiger partial charge is 0.239 e. The molecule has 0 fully saturated rings. The van der Waals surface area contributed by atoms with Gasteiger partial charge in [-0.25, -0.2) is 9.29 Å². The number of hydrogen-bond acceptors (Lipinski definition) is 0. The Bertz CT molecular complexity index is 759. The van der Waals surface area contributed by atoms with E-state index in [1.54, 1.807) is 62.5 Å². The van der Waals surface area contributed by atoms with Gasteiger partial charge >= 0.3 is 12.2 Å². The van der Waals surface area contributed by atoms with Gasteiger partial charge in [0.15, 0.2) is 0 Å². The van der Waals surface area contributed by atoms with E-state index in [1.165, 1.54) is 77.0 Å². The van der Waals surface area contributed by atoms with Gasteiger partial charge in [0, 0.05) is 12.6 Å². The molecule has 1 rings (SSSR count). The quantitative estimate of drug-likeness (QED) is 0.0413. The topological polar surface area (TPSA) is 4.44 Å². The molecule has 272 valence electrons. The molecule has 0 amide bonds. The standard InChI is InChI=1S/C20H44B.C18H25F6N/c1-5-9-13-17-21(18-14-10-6-2,19-15-11-7-3)20-16-12-8-4;1-2-14-25(15-10-6-5-7-11-15)18(23,24)16(19)12-8-3-4-9-13-17(20,21)22/h5-20H2,1-4H3;5-7,10-11,16H,2-4,8-9,12-14H2,1H3/q-1;/p+1. The molecule has 1 aromatic carbocycles. The first-order valence-corrected chi connectivity index (χ1v) is 19.1. The van der Waals surface area contributed by atoms with Crippen LogP contribution < -0.4 is 4.90 Å². The summed E-state index contributed by atoms with van der Waals surface area (Å²) in [6.07, 6.45) is 17.0. The van der Waals surface area contributed by atoms with E-state index in [0.717, 1.165) is 0 Å². The largest absolute Gasteiger partial charge is 0.425 e. The molecule has 8 heteroatoms. The van der Waals surface area contributed by atoms with E-state index in [0.29, 0.717) is 18.5 Å². The van der Waals surface area contributed by atoms with Crippen molar-refractivity contribution in [3.05, 3.63) is 30.3 Å². The number of benzene rings is 1. The van der Waals surface area contributed by atoms with E-state index in [2.05, 4.69) is 27.7 Å². The number of halogens is 6. The van der Waals surface area contributed by atoms with Gasteiger partial charge in [0.1, 0.15) is 5.69 Å². The third kappa shape index (κ3) is 20.9. The minimum atomic E-state index is -4.20. The Hall–Kier alpha value is -1.18. The Labute approximate surface area is 280 Å². The van der Waals surface area contributed by atoms with Crippen LogP contribution in [0.1, 0.15) is 157 Å². The molecule has 0 aromatic heterocycles. The summed E-state index contributed by atoms with van der Waals surface area (Å²) in [4.78, 5) is -0.208. The van der Waals surface area contributed by atoms with E-state index in [4.69, 9.17) is 0 Å². The summed E-state index contributed by atoms with van der Waals surface area (Å²) < 4.78 is 79.3. The van der Waals surface area contributed by atoms with E-state index >= 15 is 0 Å². The van der Waals surface area contributed by atoms with Crippen LogP contribution in [0.15, 0.2) is 30.3 Å². The highest BCUT2D eigenvalue weighted by atomic mass is 19.4. The zero-order valence-electron chi connectivity index (χ0n) is 30.3. The second-order valence-corrected chi connectivity index (χ2v) is 14.0. The maximum atomic E-state index is 14.5. The number of quaternary nitrogens is 1. The molecule has 1 N–H and O–H groups in total. The zero-order valence-corrected chi connectivity index (χ0v) is 30.3. The van der Waals surface area contributed by atoms with E-state index in [1.807, 2.05) is 0 Å². The Balaban J connectivity index is 0.000000896. The number of para-hydroxylation sites is 1. The second-order valence-electron chi connectivity index (χ2n) is 14.0. The zero-order chi connectivity index (χ0) is 34.7. The molecular weight excluding hydrogens is 595 g/mol. The van der Waals surface area contributed by atoms with Gasteiger partial charge in [0.25, 0.3) is 0 Å². The summed E-state index contributed by atoms with van der Waals surface area (Å²) in [7, 11) is 0. The lowest BCUT2D eigenvalue weighted by Gasteiger charge is -2.40. The molecule has 2 unspecified atom stereocenters. The molecule has 0 saturated carbocycles. The molecule has 1 aromatic rings. The number of rotatable bonds is 27. The van der Waals surface area contributed by atoms with Crippen molar-refractivity contribution in [2.75, 3.05) is 6.54 Å². The summed E-state index contributed by atoms with van der Waals surface area (Å²) >= 11 is 0. The van der Waals surface area contributed by atoms with Crippen LogP contribution in [0, 0.1) is 0 Å². The van der Waals surface area contributed by atoms with E-state index in [-0.39, 0.29) is 43.3 Å². The maximum Gasteiger partial charge on any atom is 0.425 e. The van der Waals surface area contributed by atoms with Crippen LogP contribution in [0.3, 0.4) is 0 Å². The summed E-state index contributed by atoms with van der Waals surface area (Å²) in [6.45, 7) is 11.2. The minimum absolute atomic E-state index is 0.0383. The predicted octanol–water partition coefficient (Wildman–Crippen LogP) is 13.6. The maximum absolute atomic E-state index is 14.5. The van der Waals surface area contributed by atoms with Crippen LogP contribution in [-0.4, -0.2) is 31.1 Å². The molecule has 0 radical (unpaired) electrons. The van der Waals surface area contributed by atoms with E-state index < -0.39 is 24.8 Å². The SMILES string of the molecule is CCCCC[B-](CCCCC)(CCCCC)CCCCC.CCC[NH+](c1ccccc1)C(F)(F)C(F)CCCCCCC(F)(F)F. The third-order valence-corrected chi connectivity index (χ3v) is 9.77. The van der Waals surface area contributed by atoms with Crippen molar-refractivity contribution in [1.29, 1.82) is 0 Å². The molecule has 0 bridgehead atoms. The highest BCUT2D eigenvalue weighted by molar-refractivity contribution is 6.79. The van der Waals surface area contributed by atoms with Crippen molar-refractivity contribution in [3.8, 4) is 0 Å². The summed E-state index contributed by atoms with van der Waals surface area (Å²) in [6, 6.07) is 4.50. The van der Waals surface area contributed by atoms with Gasteiger partial charge in [-0.2, -0.15) is 38.5 Å². The fraction of sp³-hybridized carbons (Fsp3) is 0.842. The second kappa shape index (κ2) is 26.7. The van der Waals surface area contributed by atoms with Crippen molar-refractivity contribution in [3.63, 3.8) is 0 Å². The Morgan fingerprint density at radius 2 is 1.00 bits per heavy atom. The molecule has 0 saturated heterocycles. The van der Waals surface area contributed by atoms with Gasteiger partial charge in [-0.3, -0.25) is 0 Å². The Morgan fingerprint density at radius 1 is 0.565 bits per heavy atom. The van der Waals surface area contributed by atoms with Crippen LogP contribution >= 0.6 is 0 Å². The predicted molar refractivity (Wildman–Crippen MR) is 189 cm³/mol. The third-order valence-electron chi connectivity index (χ3n) is 9.77. The molecule has 0 spiro atoms. The lowest BCUT2D eigenvalue weighted by Crippen LogP contribution is -3.15. The van der Waals surface area contributed by atoms with E-state index in [9.17, 15) is 26.3 Å². The van der Waals surface area contributed by atoms with Gasteiger partial charge in [0.05, 0.1) is 6.54 Å². The average Bonchev–Trinajstić information content (AvgIpc) is 3.02. The molecule has 1 nitrogen and oxygen atoms in total. The minimum Gasteiger partial charge on any atom is -0.239 e. The highest BCUT2D eigenvalue weighted by Crippen LogP contribution is 2.34. The first-order valence-electron chi connectivity index (χ1n) is 19.1. The Kier molecular flexibility index (Phi) is 26.1. The van der Waals surface area contributed by atoms with Crippen molar-refractivity contribution < 1.29 is 31.2 Å². The molecule has 0 heterocycles. The van der Waals surface area contributed by atoms with Gasteiger partial charge in [-0.1, -0.05) is 149 Å². The van der Waals surface area contributed by atoms with Gasteiger partial charge in [-0.15, -0.1) is 8.78 Å².